The van der Waals surface area contributed by atoms with Crippen LogP contribution in [0.2, 0.25) is 5.02 Å². The number of urea groups is 1. The fraction of sp³-hybridized carbons (Fsp3) is 0.333. The van der Waals surface area contributed by atoms with E-state index in [-0.39, 0.29) is 17.9 Å². The molecular weight excluding hydrogens is 362 g/mol. The van der Waals surface area contributed by atoms with Crippen LogP contribution >= 0.6 is 11.6 Å². The molecule has 0 aliphatic carbocycles. The molecule has 3 amide bonds. The lowest BCUT2D eigenvalue weighted by Crippen LogP contribution is -2.49. The molecule has 0 aromatic heterocycles. The highest BCUT2D eigenvalue weighted by atomic mass is 35.5. The predicted octanol–water partition coefficient (Wildman–Crippen LogP) is 4.77. The molecule has 0 unspecified atom stereocenters. The second-order valence-corrected chi connectivity index (χ2v) is 7.47. The monoisotopic (exact) mass is 385 g/mol. The van der Waals surface area contributed by atoms with E-state index in [0.29, 0.717) is 30.3 Å². The molecule has 0 atom stereocenters. The van der Waals surface area contributed by atoms with Gasteiger partial charge in [-0.25, -0.2) is 4.79 Å². The van der Waals surface area contributed by atoms with Crippen molar-refractivity contribution in [1.29, 1.82) is 0 Å². The van der Waals surface area contributed by atoms with Gasteiger partial charge >= 0.3 is 6.03 Å². The van der Waals surface area contributed by atoms with Gasteiger partial charge in [0.15, 0.2) is 0 Å². The molecule has 0 saturated carbocycles. The minimum atomic E-state index is -0.0986. The van der Waals surface area contributed by atoms with Crippen LogP contribution in [0.4, 0.5) is 16.2 Å². The summed E-state index contributed by atoms with van der Waals surface area (Å²) >= 11 is 6.06. The number of halogens is 1. The van der Waals surface area contributed by atoms with Gasteiger partial charge in [0.2, 0.25) is 5.91 Å². The number of rotatable bonds is 5. The maximum Gasteiger partial charge on any atom is 0.324 e. The standard InChI is InChI=1S/C21H24ClN3O2/c1-15(2)20(26)23-18-8-4-9-19(13-18)25-11-5-10-24(21(25)27)14-16-6-3-7-17(22)12-16/h3-4,6-9,12-13,15H,5,10-11,14H2,1-2H3,(H,23,26). The summed E-state index contributed by atoms with van der Waals surface area (Å²) in [6.07, 6.45) is 0.884. The Kier molecular flexibility index (Phi) is 6.01. The Morgan fingerprint density at radius 3 is 2.67 bits per heavy atom. The number of benzene rings is 2. The zero-order valence-corrected chi connectivity index (χ0v) is 16.4. The molecule has 0 bridgehead atoms. The minimum absolute atomic E-state index is 0.0337. The number of carbonyl (C=O) groups is 2. The predicted molar refractivity (Wildman–Crippen MR) is 109 cm³/mol. The summed E-state index contributed by atoms with van der Waals surface area (Å²) in [4.78, 5) is 28.5. The highest BCUT2D eigenvalue weighted by Crippen LogP contribution is 2.25. The first-order valence-electron chi connectivity index (χ1n) is 9.16. The quantitative estimate of drug-likeness (QED) is 0.806. The van der Waals surface area contributed by atoms with Gasteiger partial charge in [-0.2, -0.15) is 0 Å². The van der Waals surface area contributed by atoms with E-state index in [9.17, 15) is 9.59 Å². The van der Waals surface area contributed by atoms with E-state index < -0.39 is 0 Å². The minimum Gasteiger partial charge on any atom is -0.326 e. The smallest absolute Gasteiger partial charge is 0.324 e. The van der Waals surface area contributed by atoms with Gasteiger partial charge in [0.25, 0.3) is 0 Å². The van der Waals surface area contributed by atoms with E-state index in [1.54, 1.807) is 4.90 Å². The van der Waals surface area contributed by atoms with Crippen molar-refractivity contribution >= 4 is 34.9 Å². The Bertz CT molecular complexity index is 838. The number of nitrogens with one attached hydrogen (secondary N) is 1. The summed E-state index contributed by atoms with van der Waals surface area (Å²) in [7, 11) is 0. The second kappa shape index (κ2) is 8.44. The molecule has 5 nitrogen and oxygen atoms in total. The van der Waals surface area contributed by atoms with Gasteiger partial charge in [-0.3, -0.25) is 9.69 Å². The van der Waals surface area contributed by atoms with E-state index in [0.717, 1.165) is 17.7 Å². The van der Waals surface area contributed by atoms with Crippen molar-refractivity contribution in [3.05, 3.63) is 59.1 Å². The highest BCUT2D eigenvalue weighted by Gasteiger charge is 2.27. The molecular formula is C21H24ClN3O2. The van der Waals surface area contributed by atoms with Crippen LogP contribution in [0.1, 0.15) is 25.8 Å². The Labute approximate surface area is 164 Å². The zero-order chi connectivity index (χ0) is 19.4. The van der Waals surface area contributed by atoms with Gasteiger partial charge in [0.05, 0.1) is 0 Å². The van der Waals surface area contributed by atoms with Gasteiger partial charge < -0.3 is 10.2 Å². The maximum absolute atomic E-state index is 13.0. The van der Waals surface area contributed by atoms with Gasteiger partial charge in [0.1, 0.15) is 0 Å². The SMILES string of the molecule is CC(C)C(=O)Nc1cccc(N2CCCN(Cc3cccc(Cl)c3)C2=O)c1. The van der Waals surface area contributed by atoms with Crippen molar-refractivity contribution in [3.63, 3.8) is 0 Å². The lowest BCUT2D eigenvalue weighted by molar-refractivity contribution is -0.118. The molecule has 2 aromatic rings. The summed E-state index contributed by atoms with van der Waals surface area (Å²) in [5.74, 6) is -0.141. The average Bonchev–Trinajstić information content (AvgIpc) is 2.63. The first-order chi connectivity index (χ1) is 12.9. The molecule has 0 radical (unpaired) electrons. The summed E-state index contributed by atoms with van der Waals surface area (Å²) < 4.78 is 0. The Morgan fingerprint density at radius 1 is 1.15 bits per heavy atom. The van der Waals surface area contributed by atoms with E-state index in [1.165, 1.54) is 0 Å². The van der Waals surface area contributed by atoms with Crippen molar-refractivity contribution in [1.82, 2.24) is 4.90 Å². The summed E-state index contributed by atoms with van der Waals surface area (Å²) in [6, 6.07) is 15.0. The van der Waals surface area contributed by atoms with Crippen LogP contribution in [0.3, 0.4) is 0 Å². The first-order valence-corrected chi connectivity index (χ1v) is 9.53. The van der Waals surface area contributed by atoms with E-state index in [1.807, 2.05) is 67.3 Å². The molecule has 2 aromatic carbocycles. The van der Waals surface area contributed by atoms with E-state index in [2.05, 4.69) is 5.32 Å². The molecule has 0 spiro atoms. The molecule has 6 heteroatoms. The number of carbonyl (C=O) groups excluding carboxylic acids is 2. The van der Waals surface area contributed by atoms with Crippen LogP contribution in [-0.4, -0.2) is 29.9 Å². The maximum atomic E-state index is 13.0. The number of amides is 3. The molecule has 1 N–H and O–H groups in total. The van der Waals surface area contributed by atoms with Crippen LogP contribution in [0.25, 0.3) is 0 Å². The second-order valence-electron chi connectivity index (χ2n) is 7.03. The highest BCUT2D eigenvalue weighted by molar-refractivity contribution is 6.30. The summed E-state index contributed by atoms with van der Waals surface area (Å²) in [5, 5.41) is 3.56. The molecule has 27 heavy (non-hydrogen) atoms. The van der Waals surface area contributed by atoms with Crippen LogP contribution in [0, 0.1) is 5.92 Å². The number of anilines is 2. The lowest BCUT2D eigenvalue weighted by Gasteiger charge is -2.36. The fourth-order valence-corrected chi connectivity index (χ4v) is 3.27. The fourth-order valence-electron chi connectivity index (χ4n) is 3.06. The van der Waals surface area contributed by atoms with Gasteiger partial charge in [-0.1, -0.05) is 43.6 Å². The Morgan fingerprint density at radius 2 is 1.93 bits per heavy atom. The van der Waals surface area contributed by atoms with Gasteiger partial charge in [-0.05, 0) is 42.3 Å². The topological polar surface area (TPSA) is 52.7 Å². The molecule has 1 aliphatic heterocycles. The van der Waals surface area contributed by atoms with Gasteiger partial charge in [-0.15, -0.1) is 0 Å². The third kappa shape index (κ3) is 4.80. The molecule has 1 fully saturated rings. The van der Waals surface area contributed by atoms with E-state index >= 15 is 0 Å². The third-order valence-corrected chi connectivity index (χ3v) is 4.76. The van der Waals surface area contributed by atoms with Crippen molar-refractivity contribution in [2.45, 2.75) is 26.8 Å². The van der Waals surface area contributed by atoms with E-state index in [4.69, 9.17) is 11.6 Å². The largest absolute Gasteiger partial charge is 0.326 e. The average molecular weight is 386 g/mol. The van der Waals surface area contributed by atoms with Crippen molar-refractivity contribution in [2.24, 2.45) is 5.92 Å². The molecule has 1 saturated heterocycles. The summed E-state index contributed by atoms with van der Waals surface area (Å²) in [6.45, 7) is 5.60. The molecule has 1 aliphatic rings. The number of hydrogen-bond acceptors (Lipinski definition) is 2. The normalized spacial score (nSPS) is 14.6. The van der Waals surface area contributed by atoms with Crippen LogP contribution in [-0.2, 0) is 11.3 Å². The zero-order valence-electron chi connectivity index (χ0n) is 15.6. The molecule has 1 heterocycles. The Hall–Kier alpha value is -2.53. The van der Waals surface area contributed by atoms with Crippen molar-refractivity contribution in [2.75, 3.05) is 23.3 Å². The lowest BCUT2D eigenvalue weighted by atomic mass is 10.1. The third-order valence-electron chi connectivity index (χ3n) is 4.52. The number of nitrogens with zero attached hydrogens (tertiary/aromatic N) is 2. The van der Waals surface area contributed by atoms with Crippen LogP contribution in [0.5, 0.6) is 0 Å². The van der Waals surface area contributed by atoms with Crippen molar-refractivity contribution < 1.29 is 9.59 Å². The summed E-state index contributed by atoms with van der Waals surface area (Å²) in [5.41, 5.74) is 2.50. The molecule has 3 rings (SSSR count). The number of hydrogen-bond donors (Lipinski definition) is 1. The van der Waals surface area contributed by atoms with Crippen LogP contribution in [0.15, 0.2) is 48.5 Å². The van der Waals surface area contributed by atoms with Gasteiger partial charge in [0, 0.05) is 41.9 Å². The van der Waals surface area contributed by atoms with Crippen molar-refractivity contribution in [3.8, 4) is 0 Å². The first kappa shape index (κ1) is 19.2. The Balaban J connectivity index is 1.74. The van der Waals surface area contributed by atoms with Crippen LogP contribution < -0.4 is 10.2 Å². The molecule has 142 valence electrons.